The first-order valence-electron chi connectivity index (χ1n) is 42.9. The van der Waals surface area contributed by atoms with E-state index in [1.165, 1.54) is 12.1 Å². The molecular weight excluding hydrogens is 2080 g/mol. The normalized spacial score (nSPS) is 17.8. The number of benzene rings is 3. The van der Waals surface area contributed by atoms with E-state index in [1.807, 2.05) is 95.1 Å². The zero-order chi connectivity index (χ0) is 95.4. The Bertz CT molecular complexity index is 5630. The molecule has 15 rings (SSSR count). The number of pyridine rings is 3. The van der Waals surface area contributed by atoms with Gasteiger partial charge in [0.2, 0.25) is 23.8 Å². The fraction of sp³-hybridized carbons (Fsp3) is 0.484. The fourth-order valence-electron chi connectivity index (χ4n) is 15.2. The predicted molar refractivity (Wildman–Crippen MR) is 517 cm³/mol. The molecule has 35 nitrogen and oxygen atoms in total. The third kappa shape index (κ3) is 35.4. The number of nitrogens with zero attached hydrogens (tertiary/aromatic N) is 12. The van der Waals surface area contributed by atoms with Crippen LogP contribution in [0.1, 0.15) is 216 Å². The largest absolute Gasteiger partial charge is 1.00 e. The van der Waals surface area contributed by atoms with Gasteiger partial charge in [0.15, 0.2) is 0 Å². The number of aromatic hydroxyl groups is 1. The fourth-order valence-corrected chi connectivity index (χ4v) is 16.7. The van der Waals surface area contributed by atoms with Crippen LogP contribution in [-0.2, 0) is 52.5 Å². The maximum absolute atomic E-state index is 13.3. The predicted octanol–water partition coefficient (Wildman–Crippen LogP) is 11.3. The number of allylic oxidation sites excluding steroid dienone is 1. The average Bonchev–Trinajstić information content (AvgIpc) is 1.63. The molecule has 0 aliphatic carbocycles. The molecule has 0 spiro atoms. The number of phenolic OH excluding ortho intramolecular Hbond substituents is 1. The molecule has 3 aromatic carbocycles. The third-order valence-corrected chi connectivity index (χ3v) is 22.6. The van der Waals surface area contributed by atoms with Gasteiger partial charge in [-0.3, -0.25) is 59.1 Å². The van der Waals surface area contributed by atoms with Crippen molar-refractivity contribution >= 4 is 138 Å². The van der Waals surface area contributed by atoms with Crippen molar-refractivity contribution in [2.24, 2.45) is 0 Å². The second kappa shape index (κ2) is 58.1. The molecule has 6 aromatic heterocycles. The summed E-state index contributed by atoms with van der Waals surface area (Å²) >= 11 is 20.5. The van der Waals surface area contributed by atoms with Crippen LogP contribution in [-0.4, -0.2) is 229 Å². The van der Waals surface area contributed by atoms with Crippen molar-refractivity contribution in [3.8, 4) is 30.1 Å². The minimum Gasteiger partial charge on any atom is -1.00 e. The number of nitrogens with one attached hydrogen (secondary N) is 3. The summed E-state index contributed by atoms with van der Waals surface area (Å²) in [6, 6.07) is 19.9. The van der Waals surface area contributed by atoms with Crippen molar-refractivity contribution < 1.29 is 234 Å². The molecule has 3 unspecified atom stereocenters. The van der Waals surface area contributed by atoms with Crippen molar-refractivity contribution in [3.63, 3.8) is 0 Å². The number of aryl methyl sites for hydroxylation is 3. The summed E-state index contributed by atoms with van der Waals surface area (Å²) in [5.41, 5.74) is 5.96. The van der Waals surface area contributed by atoms with E-state index >= 15 is 0 Å². The molecule has 0 bridgehead atoms. The zero-order valence-corrected chi connectivity index (χ0v) is 93.2. The summed E-state index contributed by atoms with van der Waals surface area (Å²) in [6.45, 7) is 31.6. The maximum Gasteiger partial charge on any atom is 1.00 e. The number of imidazole rings is 3. The van der Waals surface area contributed by atoms with Gasteiger partial charge < -0.3 is 78.2 Å². The number of terminal acetylenes is 1. The second-order valence-electron chi connectivity index (χ2n) is 33.5. The van der Waals surface area contributed by atoms with Crippen LogP contribution in [0.25, 0.3) is 33.1 Å². The smallest absolute Gasteiger partial charge is 1.00 e. The van der Waals surface area contributed by atoms with Gasteiger partial charge in [-0.2, -0.15) is 8.42 Å². The topological polar surface area (TPSA) is 418 Å². The molecule has 6 fully saturated rings. The van der Waals surface area contributed by atoms with Crippen LogP contribution in [0.4, 0.5) is 27.4 Å². The van der Waals surface area contributed by atoms with Crippen LogP contribution >= 0.6 is 34.8 Å². The van der Waals surface area contributed by atoms with Gasteiger partial charge in [-0.05, 0) is 206 Å². The first-order valence-corrected chi connectivity index (χ1v) is 45.9. The minimum absolute atomic E-state index is 0. The molecule has 6 atom stereocenters. The Morgan fingerprint density at radius 3 is 1.15 bits per heavy atom. The molecule has 6 aliphatic heterocycles. The molecule has 4 N–H and O–H groups in total. The van der Waals surface area contributed by atoms with Gasteiger partial charge in [-0.25, -0.2) is 24.5 Å². The molecule has 136 heavy (non-hydrogen) atoms. The summed E-state index contributed by atoms with van der Waals surface area (Å²) in [7, 11) is -3.29. The van der Waals surface area contributed by atoms with Gasteiger partial charge in [0.05, 0.1) is 90.5 Å². The van der Waals surface area contributed by atoms with Gasteiger partial charge in [-0.15, -0.1) is 19.4 Å². The van der Waals surface area contributed by atoms with E-state index in [2.05, 4.69) is 71.0 Å². The Balaban J connectivity index is 0.000000473. The van der Waals surface area contributed by atoms with E-state index in [9.17, 15) is 42.3 Å². The monoisotopic (exact) mass is 2200 g/mol. The number of hydrogen-bond donors (Lipinski definition) is 4. The van der Waals surface area contributed by atoms with Crippen LogP contribution in [0.3, 0.4) is 0 Å². The van der Waals surface area contributed by atoms with Gasteiger partial charge in [0.25, 0.3) is 34.3 Å². The first kappa shape index (κ1) is 121. The standard InChI is InChI=1S/C29H36ClN5O5.C27H30ClN5O4.C25H30ClN5O4.C5H10O4S.C3H6.C2H2.CH2O3.3CH4.2Cs.H/c1-18-15-19(10-12-31-18)26(36)33-27-32-22-8-9-23(39-21-11-14-38-17-21)24(30)25(22)35(27)20-7-5-6-13-34(16-20)28(37)40-29(2,3)4;1-3-23(34)32-12-5-4-6-19(15-32)33-25-21(7-8-22(24(25)28)37-20-10-13-36-16-20)30-27(33)31-26(35)18-9-11-29-17(2)14-18;1-15-13-16(10-11-27-15)22(33)29-23-28-18-8-9-19(32)20(26)21(18)31(23)17-7-5-6-12-30(14-17)24(34)35-25(2,3)4;1-10(6,7)9-5-2-3-8-4-5;1-3-2;1-2;2-1-4-3;;;;;;/h8-10,12,15,20-21H,5-7,11,13-14,16-17H2,1-4H3,(H,32,33,36);3,7-9,11,14,19-20H,1,4-6,10,12-13,15-16H2,2H3,(H,30,31,35);8-11,13,17,32H,5-7,12,14H2,1-4H3,(H,28,29,33);5H,2-4H2,1H3;3H,1H2,2H3;1-2H;1,3H;3*1H4;;;/q;;;;;;;;;;2*+1;-1/p-1/t20-,21?;19-,20?;17-;;;;;;;;;;/m111........../s1. The number of likely N-dealkylation sites (tertiary alicyclic amines) is 3. The SMILES string of the molecule is C.C.C.C#C.C=CC.C=CC(=O)N1CCCC[C@@H](n2c(NC(=O)c3ccnc(C)c3)nc3ccc(OC4CCOC4)c(Cl)c32)C1.CS(=O)(=O)OC1CCOC1.Cc1cc(C(=O)Nc2nc3ccc(O)c(Cl)c3n2[C@@H]2CCCCN(C(=O)OC(C)(C)C)C2)ccn1.Cc1cc(C(=O)Nc2nc3ccc(OC4CCOC4)c(Cl)c3n2[C@@H]2CCCCN(C(=O)OC(C)(C)C)C2)ccn1.O=CO[O-].[Cs+].[Cs+].[H-]. The molecule has 41 heteroatoms. The second-order valence-corrected chi connectivity index (χ2v) is 36.2. The van der Waals surface area contributed by atoms with Crippen LogP contribution < -0.4 is 168 Å². The average molecular weight is 2200 g/mol. The first-order chi connectivity index (χ1) is 62.5. The number of ether oxygens (including phenoxy) is 7. The van der Waals surface area contributed by atoms with Crippen LogP contribution in [0, 0.1) is 33.6 Å². The number of phenols is 1. The number of carbonyl (C=O) groups is 7. The quantitative estimate of drug-likeness (QED) is 0.0125. The van der Waals surface area contributed by atoms with Gasteiger partial charge >= 0.3 is 150 Å². The van der Waals surface area contributed by atoms with E-state index < -0.39 is 21.3 Å². The van der Waals surface area contributed by atoms with E-state index in [0.29, 0.717) is 175 Å². The Hall–Kier alpha value is -7.43. The van der Waals surface area contributed by atoms with Crippen molar-refractivity contribution in [1.29, 1.82) is 0 Å². The molecule has 6 aliphatic rings. The summed E-state index contributed by atoms with van der Waals surface area (Å²) in [6.07, 6.45) is 25.5. The number of amides is 6. The number of halogens is 3. The maximum atomic E-state index is 13.3. The number of rotatable bonds is 17. The third-order valence-electron chi connectivity index (χ3n) is 20.9. The van der Waals surface area contributed by atoms with Gasteiger partial charge in [0, 0.05) is 118 Å². The van der Waals surface area contributed by atoms with Gasteiger partial charge in [0.1, 0.15) is 61.8 Å². The molecule has 0 saturated carbocycles. The van der Waals surface area contributed by atoms with Crippen molar-refractivity contribution in [2.75, 3.05) is 101 Å². The molecule has 9 aromatic rings. The Labute approximate surface area is 931 Å². The summed E-state index contributed by atoms with van der Waals surface area (Å²) in [4.78, 5) is 121. The number of aromatic nitrogens is 9. The van der Waals surface area contributed by atoms with Gasteiger partial charge in [-0.1, -0.05) is 69.7 Å². The summed E-state index contributed by atoms with van der Waals surface area (Å²) in [5, 5.41) is 28.6. The molecule has 0 radical (unpaired) electrons. The Morgan fingerprint density at radius 2 is 0.846 bits per heavy atom. The van der Waals surface area contributed by atoms with Crippen LogP contribution in [0.5, 0.6) is 17.2 Å². The van der Waals surface area contributed by atoms with Crippen molar-refractivity contribution in [2.45, 2.75) is 216 Å². The zero-order valence-electron chi connectivity index (χ0n) is 78.5. The van der Waals surface area contributed by atoms with E-state index in [-0.39, 0.29) is 251 Å². The Kier molecular flexibility index (Phi) is 51.6. The number of fused-ring (bicyclic) bond motifs is 3. The summed E-state index contributed by atoms with van der Waals surface area (Å²) in [5.74, 6) is 0.941. The number of hydrogen-bond acceptors (Lipinski definition) is 26. The van der Waals surface area contributed by atoms with Crippen molar-refractivity contribution in [1.82, 2.24) is 58.3 Å². The molecule has 6 saturated heterocycles. The minimum atomic E-state index is -3.29. The van der Waals surface area contributed by atoms with Crippen LogP contribution in [0.2, 0.25) is 15.1 Å². The van der Waals surface area contributed by atoms with Crippen LogP contribution in [0.15, 0.2) is 117 Å². The number of anilines is 3. The Morgan fingerprint density at radius 1 is 0.529 bits per heavy atom. The van der Waals surface area contributed by atoms with Crippen molar-refractivity contribution in [3.05, 3.63) is 166 Å². The molecular formula is C95H128Cl3Cs2N15O20S. The molecule has 6 amide bonds. The van der Waals surface area contributed by atoms with E-state index in [0.717, 1.165) is 94.0 Å². The molecule has 12 heterocycles. The molecule has 732 valence electrons. The van der Waals surface area contributed by atoms with E-state index in [1.54, 1.807) is 94.0 Å². The van der Waals surface area contributed by atoms with E-state index in [4.69, 9.17) is 88.0 Å². The number of carbonyl (C=O) groups excluding carboxylic acids is 7. The summed E-state index contributed by atoms with van der Waals surface area (Å²) < 4.78 is 70.9.